The summed E-state index contributed by atoms with van der Waals surface area (Å²) in [7, 11) is -3.48. The summed E-state index contributed by atoms with van der Waals surface area (Å²) in [5, 5.41) is 10.9. The van der Waals surface area contributed by atoms with Crippen molar-refractivity contribution < 1.29 is 42.5 Å². The lowest BCUT2D eigenvalue weighted by Crippen LogP contribution is -2.29. The smallest absolute Gasteiger partial charge is 0.488 e. The summed E-state index contributed by atoms with van der Waals surface area (Å²) in [4.78, 5) is 14.7. The van der Waals surface area contributed by atoms with Crippen LogP contribution in [0, 0.1) is 0 Å². The summed E-state index contributed by atoms with van der Waals surface area (Å²) in [5.41, 5.74) is -4.16. The number of hydrogen-bond acceptors (Lipinski definition) is 8. The second-order valence-corrected chi connectivity index (χ2v) is 21.6. The molecule has 0 atom stereocenters. The van der Waals surface area contributed by atoms with Crippen molar-refractivity contribution in [2.24, 2.45) is 0 Å². The van der Waals surface area contributed by atoms with Gasteiger partial charge in [0.25, 0.3) is 0 Å². The lowest BCUT2D eigenvalue weighted by atomic mass is 10.1. The van der Waals surface area contributed by atoms with E-state index in [0.717, 1.165) is 0 Å². The van der Waals surface area contributed by atoms with Gasteiger partial charge < -0.3 is 37.7 Å². The minimum Gasteiger partial charge on any atom is -0.488 e. The van der Waals surface area contributed by atoms with Crippen LogP contribution >= 0.6 is 10.3 Å². The van der Waals surface area contributed by atoms with E-state index in [1.165, 1.54) is 0 Å². The molecule has 3 aromatic rings. The van der Waals surface area contributed by atoms with Crippen molar-refractivity contribution in [2.75, 3.05) is 0 Å². The fraction of sp³-hybridized carbons (Fsp3) is 0.558. The maximum Gasteiger partial charge on any atom is 0.517 e. The largest absolute Gasteiger partial charge is 0.517 e. The fourth-order valence-electron chi connectivity index (χ4n) is 5.31. The highest BCUT2D eigenvalue weighted by atomic mass is 32.3. The average Bonchev–Trinajstić information content (AvgIpc) is 2.87. The zero-order valence-corrected chi connectivity index (χ0v) is 36.1. The summed E-state index contributed by atoms with van der Waals surface area (Å²) in [6.07, 6.45) is -1.51. The molecule has 53 heavy (non-hydrogen) atoms. The quantitative estimate of drug-likeness (QED) is 0.216. The lowest BCUT2D eigenvalue weighted by molar-refractivity contribution is 0.104. The Morgan fingerprint density at radius 1 is 0.453 bits per heavy atom. The second kappa shape index (κ2) is 15.1. The summed E-state index contributed by atoms with van der Waals surface area (Å²) in [6, 6.07) is 16.4. The van der Waals surface area contributed by atoms with Gasteiger partial charge in [-0.15, -0.1) is 0 Å². The molecule has 0 amide bonds. The number of benzene rings is 3. The Balaban J connectivity index is 2.87. The summed E-state index contributed by atoms with van der Waals surface area (Å²) in [5.74, 6) is 2.22. The molecule has 0 aliphatic heterocycles. The predicted molar refractivity (Wildman–Crippen MR) is 213 cm³/mol. The molecule has 0 saturated heterocycles. The van der Waals surface area contributed by atoms with Gasteiger partial charge in [-0.1, -0.05) is 18.2 Å². The third kappa shape index (κ3) is 12.9. The first-order valence-electron chi connectivity index (χ1n) is 18.1. The van der Waals surface area contributed by atoms with E-state index in [4.69, 9.17) is 32.6 Å². The van der Waals surface area contributed by atoms with Crippen LogP contribution in [0.1, 0.15) is 125 Å². The van der Waals surface area contributed by atoms with E-state index in [2.05, 4.69) is 0 Å². The molecule has 0 saturated carbocycles. The van der Waals surface area contributed by atoms with Crippen LogP contribution in [-0.4, -0.2) is 44.9 Å². The monoisotopic (exact) mass is 756 g/mol. The van der Waals surface area contributed by atoms with Gasteiger partial charge in [0, 0.05) is 39.5 Å². The van der Waals surface area contributed by atoms with E-state index in [-0.39, 0.29) is 0 Å². The molecule has 10 heteroatoms. The fourth-order valence-corrected chi connectivity index (χ4v) is 8.54. The maximum atomic E-state index is 13.4. The zero-order chi connectivity index (χ0) is 40.6. The van der Waals surface area contributed by atoms with E-state index in [1.54, 1.807) is 24.3 Å². The summed E-state index contributed by atoms with van der Waals surface area (Å²) in [6.45, 7) is 34.9. The van der Waals surface area contributed by atoms with Crippen LogP contribution in [0.4, 0.5) is 4.79 Å². The van der Waals surface area contributed by atoms with Gasteiger partial charge in [-0.3, -0.25) is 0 Å². The molecule has 0 aliphatic carbocycles. The van der Waals surface area contributed by atoms with Crippen molar-refractivity contribution in [1.29, 1.82) is 0 Å². The van der Waals surface area contributed by atoms with Gasteiger partial charge in [0.05, 0.1) is 0 Å². The minimum atomic E-state index is -3.48. The Morgan fingerprint density at radius 3 is 0.943 bits per heavy atom. The maximum absolute atomic E-state index is 13.4. The van der Waals surface area contributed by atoms with Crippen molar-refractivity contribution in [3.8, 4) is 34.5 Å². The second-order valence-electron chi connectivity index (χ2n) is 19.0. The normalized spacial score (nSPS) is 13.5. The van der Waals surface area contributed by atoms with E-state index >= 15 is 0 Å². The Bertz CT molecular complexity index is 1550. The third-order valence-corrected chi connectivity index (χ3v) is 9.63. The molecule has 0 fully saturated rings. The third-order valence-electron chi connectivity index (χ3n) is 6.35. The van der Waals surface area contributed by atoms with Gasteiger partial charge in [0.15, 0.2) is 0 Å². The van der Waals surface area contributed by atoms with Crippen LogP contribution in [0.2, 0.25) is 0 Å². The molecule has 0 aliphatic rings. The SMILES string of the molecule is CC(C)(C)Oc1cc(OC(C)(C)C)c(S(OC(=O)O)(c2ccccc2)c2c(OC(C)(C)C)cc(OC(C)(C)C)cc2OC(C)(C)C)c(OC(C)(C)C)c1. The van der Waals surface area contributed by atoms with E-state index in [9.17, 15) is 9.90 Å². The highest BCUT2D eigenvalue weighted by Crippen LogP contribution is 2.78. The highest BCUT2D eigenvalue weighted by Gasteiger charge is 2.48. The summed E-state index contributed by atoms with van der Waals surface area (Å²) >= 11 is 0. The first-order valence-corrected chi connectivity index (χ1v) is 19.6. The summed E-state index contributed by atoms with van der Waals surface area (Å²) < 4.78 is 46.7. The van der Waals surface area contributed by atoms with Crippen LogP contribution in [0.3, 0.4) is 0 Å². The molecule has 0 aromatic heterocycles. The first kappa shape index (κ1) is 43.5. The lowest BCUT2D eigenvalue weighted by Gasteiger charge is -2.44. The van der Waals surface area contributed by atoms with Gasteiger partial charge in [-0.2, -0.15) is 0 Å². The Hall–Kier alpha value is -3.92. The Kier molecular flexibility index (Phi) is 12.4. The molecule has 0 radical (unpaired) electrons. The molecule has 3 rings (SSSR count). The molecular weight excluding hydrogens is 693 g/mol. The van der Waals surface area contributed by atoms with Crippen molar-refractivity contribution in [3.63, 3.8) is 0 Å². The topological polar surface area (TPSA) is 102 Å². The molecule has 0 spiro atoms. The Morgan fingerprint density at radius 2 is 0.717 bits per heavy atom. The highest BCUT2D eigenvalue weighted by molar-refractivity contribution is 8.30. The molecule has 0 bridgehead atoms. The zero-order valence-electron chi connectivity index (χ0n) is 35.3. The van der Waals surface area contributed by atoms with Crippen molar-refractivity contribution in [3.05, 3.63) is 54.6 Å². The van der Waals surface area contributed by atoms with E-state index < -0.39 is 50.1 Å². The van der Waals surface area contributed by atoms with Gasteiger partial charge in [0.2, 0.25) is 0 Å². The molecule has 9 nitrogen and oxygen atoms in total. The van der Waals surface area contributed by atoms with Crippen LogP contribution < -0.4 is 28.4 Å². The molecular formula is C43H64O9S. The Labute approximate surface area is 320 Å². The van der Waals surface area contributed by atoms with Gasteiger partial charge in [0.1, 0.15) is 77.9 Å². The number of ether oxygens (including phenoxy) is 6. The molecule has 1 N–H and O–H groups in total. The van der Waals surface area contributed by atoms with Gasteiger partial charge >= 0.3 is 6.16 Å². The van der Waals surface area contributed by atoms with Crippen LogP contribution in [-0.2, 0) is 4.18 Å². The minimum absolute atomic E-state index is 0.317. The van der Waals surface area contributed by atoms with Gasteiger partial charge in [-0.25, -0.2) is 4.79 Å². The molecule has 296 valence electrons. The standard InChI is InChI=1S/C43H64O9S/c1-38(2,3)46-28-24-31(48-40(7,8)9)35(32(25-28)49-41(10,11)12)53(52-37(44)45,30-22-20-19-21-23-30)36-33(50-42(13,14)15)26-29(47-39(4,5)6)27-34(36)51-43(16,17)18/h19-27H,1-18H3,(H,44,45). The molecule has 0 unspecified atom stereocenters. The molecule has 3 aromatic carbocycles. The van der Waals surface area contributed by atoms with Crippen molar-refractivity contribution >= 4 is 16.5 Å². The average molecular weight is 757 g/mol. The number of hydrogen-bond donors (Lipinski definition) is 1. The van der Waals surface area contributed by atoms with E-state index in [1.807, 2.05) is 155 Å². The van der Waals surface area contributed by atoms with Crippen LogP contribution in [0.15, 0.2) is 69.3 Å². The first-order chi connectivity index (χ1) is 23.8. The van der Waals surface area contributed by atoms with Crippen LogP contribution in [0.25, 0.3) is 0 Å². The van der Waals surface area contributed by atoms with Crippen LogP contribution in [0.5, 0.6) is 34.5 Å². The van der Waals surface area contributed by atoms with Crippen molar-refractivity contribution in [1.82, 2.24) is 0 Å². The van der Waals surface area contributed by atoms with Crippen molar-refractivity contribution in [2.45, 2.75) is 173 Å². The predicted octanol–water partition coefficient (Wildman–Crippen LogP) is 12.6. The number of carbonyl (C=O) groups is 1. The van der Waals surface area contributed by atoms with E-state index in [0.29, 0.717) is 49.2 Å². The number of rotatable bonds is 10. The number of carboxylic acid groups (broad SMARTS) is 1. The molecule has 0 heterocycles. The van der Waals surface area contributed by atoms with Gasteiger partial charge in [-0.05, 0) is 137 Å².